The molecule has 3 rings (SSSR count). The number of hydrogen-bond acceptors (Lipinski definition) is 4. The third-order valence-electron chi connectivity index (χ3n) is 3.53. The molecule has 2 N–H and O–H groups in total. The molecule has 5 heteroatoms. The molecule has 0 fully saturated rings. The molecule has 0 bridgehead atoms. The van der Waals surface area contributed by atoms with Crippen LogP contribution in [0.2, 0.25) is 0 Å². The summed E-state index contributed by atoms with van der Waals surface area (Å²) in [6.45, 7) is 5.22. The van der Waals surface area contributed by atoms with E-state index >= 15 is 0 Å². The van der Waals surface area contributed by atoms with Gasteiger partial charge in [-0.15, -0.1) is 11.3 Å². The number of hydrogen-bond donors (Lipinski definition) is 2. The van der Waals surface area contributed by atoms with E-state index in [0.717, 1.165) is 42.3 Å². The molecule has 1 aliphatic carbocycles. The fourth-order valence-corrected chi connectivity index (χ4v) is 3.19. The third kappa shape index (κ3) is 2.63. The van der Waals surface area contributed by atoms with E-state index in [4.69, 9.17) is 0 Å². The van der Waals surface area contributed by atoms with Crippen LogP contribution in [-0.4, -0.2) is 16.5 Å². The minimum Gasteiger partial charge on any atom is -0.361 e. The highest BCUT2D eigenvalue weighted by molar-refractivity contribution is 7.14. The average molecular weight is 289 g/mol. The lowest BCUT2D eigenvalue weighted by atomic mass is 10.1. The molecule has 0 saturated carbocycles. The highest BCUT2D eigenvalue weighted by Crippen LogP contribution is 2.26. The maximum absolute atomic E-state index is 12.1. The second kappa shape index (κ2) is 5.40. The van der Waals surface area contributed by atoms with E-state index in [0.29, 0.717) is 11.5 Å². The molecule has 106 valence electrons. The summed E-state index contributed by atoms with van der Waals surface area (Å²) in [5.74, 6) is 0.575. The van der Waals surface area contributed by atoms with Gasteiger partial charge in [0.25, 0.3) is 5.56 Å². The van der Waals surface area contributed by atoms with Crippen LogP contribution in [0.3, 0.4) is 0 Å². The van der Waals surface area contributed by atoms with Crippen LogP contribution in [0.5, 0.6) is 0 Å². The third-order valence-corrected chi connectivity index (χ3v) is 4.33. The largest absolute Gasteiger partial charge is 0.361 e. The van der Waals surface area contributed by atoms with E-state index in [-0.39, 0.29) is 5.56 Å². The van der Waals surface area contributed by atoms with Crippen LogP contribution in [0.25, 0.3) is 11.3 Å². The topological polar surface area (TPSA) is 57.8 Å². The van der Waals surface area contributed by atoms with Gasteiger partial charge in [0, 0.05) is 17.6 Å². The van der Waals surface area contributed by atoms with Gasteiger partial charge in [0.2, 0.25) is 0 Å². The maximum atomic E-state index is 12.1. The Morgan fingerprint density at radius 3 is 3.10 bits per heavy atom. The second-order valence-corrected chi connectivity index (χ2v) is 6.54. The Morgan fingerprint density at radius 1 is 1.45 bits per heavy atom. The minimum atomic E-state index is -0.0219. The van der Waals surface area contributed by atoms with Crippen LogP contribution in [0.1, 0.15) is 31.5 Å². The van der Waals surface area contributed by atoms with E-state index in [2.05, 4.69) is 29.1 Å². The first-order valence-electron chi connectivity index (χ1n) is 7.08. The second-order valence-electron chi connectivity index (χ2n) is 5.68. The van der Waals surface area contributed by atoms with Gasteiger partial charge >= 0.3 is 0 Å². The highest BCUT2D eigenvalue weighted by Gasteiger charge is 2.16. The van der Waals surface area contributed by atoms with E-state index in [1.54, 1.807) is 11.3 Å². The number of rotatable bonds is 4. The fourth-order valence-electron chi connectivity index (χ4n) is 2.47. The molecule has 0 aliphatic heterocycles. The number of aryl methyl sites for hydroxylation is 2. The number of anilines is 1. The van der Waals surface area contributed by atoms with Gasteiger partial charge in [0.05, 0.1) is 11.3 Å². The number of fused-ring (bicyclic) bond motifs is 1. The van der Waals surface area contributed by atoms with Crippen LogP contribution in [0.4, 0.5) is 5.13 Å². The summed E-state index contributed by atoms with van der Waals surface area (Å²) in [4.78, 5) is 19.7. The first kappa shape index (κ1) is 13.4. The van der Waals surface area contributed by atoms with Gasteiger partial charge in [0.15, 0.2) is 5.13 Å². The summed E-state index contributed by atoms with van der Waals surface area (Å²) >= 11 is 1.55. The molecule has 0 saturated heterocycles. The van der Waals surface area contributed by atoms with Crippen LogP contribution in [0.15, 0.2) is 16.2 Å². The van der Waals surface area contributed by atoms with Gasteiger partial charge in [0.1, 0.15) is 0 Å². The van der Waals surface area contributed by atoms with Crippen molar-refractivity contribution in [2.45, 2.75) is 33.1 Å². The van der Waals surface area contributed by atoms with Crippen molar-refractivity contribution in [3.05, 3.63) is 33.1 Å². The first-order chi connectivity index (χ1) is 9.63. The highest BCUT2D eigenvalue weighted by atomic mass is 32.1. The van der Waals surface area contributed by atoms with Crippen molar-refractivity contribution in [3.63, 3.8) is 0 Å². The SMILES string of the molecule is CC(C)CNc1nc(-c2cc3c([nH]c2=O)CCC3)cs1. The molecule has 2 heterocycles. The zero-order valence-corrected chi connectivity index (χ0v) is 12.6. The van der Waals surface area contributed by atoms with Crippen LogP contribution in [-0.2, 0) is 12.8 Å². The van der Waals surface area contributed by atoms with Gasteiger partial charge < -0.3 is 10.3 Å². The monoisotopic (exact) mass is 289 g/mol. The van der Waals surface area contributed by atoms with Crippen LogP contribution in [0, 0.1) is 5.92 Å². The van der Waals surface area contributed by atoms with Crippen molar-refractivity contribution in [2.24, 2.45) is 5.92 Å². The maximum Gasteiger partial charge on any atom is 0.257 e. The molecule has 0 unspecified atom stereocenters. The Morgan fingerprint density at radius 2 is 2.30 bits per heavy atom. The van der Waals surface area contributed by atoms with E-state index in [1.807, 2.05) is 11.4 Å². The van der Waals surface area contributed by atoms with Gasteiger partial charge in [-0.05, 0) is 36.8 Å². The predicted octanol–water partition coefficient (Wildman–Crippen LogP) is 3.06. The Bertz CT molecular complexity index is 672. The molecule has 4 nitrogen and oxygen atoms in total. The quantitative estimate of drug-likeness (QED) is 0.909. The Kier molecular flexibility index (Phi) is 3.61. The zero-order valence-electron chi connectivity index (χ0n) is 11.8. The van der Waals surface area contributed by atoms with Gasteiger partial charge in [-0.25, -0.2) is 4.98 Å². The summed E-state index contributed by atoms with van der Waals surface area (Å²) in [6.07, 6.45) is 3.18. The summed E-state index contributed by atoms with van der Waals surface area (Å²) in [5, 5.41) is 6.14. The number of nitrogens with zero attached hydrogens (tertiary/aromatic N) is 1. The Hall–Kier alpha value is -1.62. The predicted molar refractivity (Wildman–Crippen MR) is 83.5 cm³/mol. The first-order valence-corrected chi connectivity index (χ1v) is 7.96. The lowest BCUT2D eigenvalue weighted by molar-refractivity contribution is 0.688. The smallest absolute Gasteiger partial charge is 0.257 e. The lowest BCUT2D eigenvalue weighted by Crippen LogP contribution is -2.12. The molecule has 2 aromatic rings. The number of nitrogens with one attached hydrogen (secondary N) is 2. The molecule has 0 atom stereocenters. The number of H-pyrrole nitrogens is 1. The molecule has 0 radical (unpaired) electrons. The fraction of sp³-hybridized carbons (Fsp3) is 0.467. The van der Waals surface area contributed by atoms with Crippen molar-refractivity contribution in [2.75, 3.05) is 11.9 Å². The molecule has 0 aromatic carbocycles. The molecule has 0 spiro atoms. The summed E-state index contributed by atoms with van der Waals surface area (Å²) < 4.78 is 0. The number of aromatic amines is 1. The Balaban J connectivity index is 1.88. The normalized spacial score (nSPS) is 13.8. The van der Waals surface area contributed by atoms with Crippen molar-refractivity contribution in [3.8, 4) is 11.3 Å². The van der Waals surface area contributed by atoms with Crippen LogP contribution < -0.4 is 10.9 Å². The number of pyridine rings is 1. The molecule has 0 amide bonds. The molecular formula is C15H19N3OS. The minimum absolute atomic E-state index is 0.0219. The van der Waals surface area contributed by atoms with E-state index in [9.17, 15) is 4.79 Å². The summed E-state index contributed by atoms with van der Waals surface area (Å²) in [5.41, 5.74) is 3.82. The van der Waals surface area contributed by atoms with Gasteiger partial charge in [-0.1, -0.05) is 13.8 Å². The van der Waals surface area contributed by atoms with Gasteiger partial charge in [-0.2, -0.15) is 0 Å². The molecule has 1 aliphatic rings. The molecule has 20 heavy (non-hydrogen) atoms. The lowest BCUT2D eigenvalue weighted by Gasteiger charge is -2.04. The van der Waals surface area contributed by atoms with Gasteiger partial charge in [-0.3, -0.25) is 4.79 Å². The van der Waals surface area contributed by atoms with Crippen molar-refractivity contribution in [1.29, 1.82) is 0 Å². The van der Waals surface area contributed by atoms with Crippen molar-refractivity contribution < 1.29 is 0 Å². The summed E-state index contributed by atoms with van der Waals surface area (Å²) in [6, 6.07) is 2.02. The number of thiazole rings is 1. The molecular weight excluding hydrogens is 270 g/mol. The molecule has 2 aromatic heterocycles. The van der Waals surface area contributed by atoms with Crippen LogP contribution >= 0.6 is 11.3 Å². The number of aromatic nitrogens is 2. The van der Waals surface area contributed by atoms with E-state index < -0.39 is 0 Å². The standard InChI is InChI=1S/C15H19N3OS/c1-9(2)7-16-15-18-13(8-20-15)11-6-10-4-3-5-12(10)17-14(11)19/h6,8-9H,3-5,7H2,1-2H3,(H,16,18)(H,17,19). The van der Waals surface area contributed by atoms with E-state index in [1.165, 1.54) is 5.56 Å². The average Bonchev–Trinajstić information content (AvgIpc) is 3.03. The Labute approximate surface area is 122 Å². The van der Waals surface area contributed by atoms with Crippen molar-refractivity contribution in [1.82, 2.24) is 9.97 Å². The summed E-state index contributed by atoms with van der Waals surface area (Å²) in [7, 11) is 0. The van der Waals surface area contributed by atoms with Crippen molar-refractivity contribution >= 4 is 16.5 Å². The zero-order chi connectivity index (χ0) is 14.1.